The van der Waals surface area contributed by atoms with E-state index in [1.54, 1.807) is 18.2 Å². The van der Waals surface area contributed by atoms with E-state index in [0.717, 1.165) is 0 Å². The van der Waals surface area contributed by atoms with Crippen LogP contribution in [0.1, 0.15) is 5.76 Å². The van der Waals surface area contributed by atoms with Gasteiger partial charge in [-0.3, -0.25) is 0 Å². The third-order valence-corrected chi connectivity index (χ3v) is 3.84. The fraction of sp³-hybridized carbons (Fsp3) is 0.0667. The zero-order valence-corrected chi connectivity index (χ0v) is 12.8. The molecular weight excluding hydrogens is 320 g/mol. The number of carbonyl (C=O) groups is 1. The van der Waals surface area contributed by atoms with Crippen LogP contribution in [0.2, 0.25) is 0 Å². The van der Waals surface area contributed by atoms with E-state index in [9.17, 15) is 13.2 Å². The van der Waals surface area contributed by atoms with Gasteiger partial charge in [0.1, 0.15) is 23.2 Å². The Bertz CT molecular complexity index is 902. The number of carbonyl (C=O) groups excluding carboxylic acids is 1. The van der Waals surface area contributed by atoms with Gasteiger partial charge in [-0.15, -0.1) is 0 Å². The first-order chi connectivity index (χ1) is 10.8. The Kier molecular flexibility index (Phi) is 4.64. The highest BCUT2D eigenvalue weighted by molar-refractivity contribution is 7.89. The predicted octanol–water partition coefficient (Wildman–Crippen LogP) is 1.67. The van der Waals surface area contributed by atoms with Gasteiger partial charge in [0, 0.05) is 11.6 Å². The zero-order valence-electron chi connectivity index (χ0n) is 12.0. The molecule has 0 unspecified atom stereocenters. The van der Waals surface area contributed by atoms with Crippen LogP contribution in [0.4, 0.5) is 0 Å². The van der Waals surface area contributed by atoms with Gasteiger partial charge in [-0.05, 0) is 36.4 Å². The molecule has 23 heavy (non-hydrogen) atoms. The molecule has 0 atom stereocenters. The number of methoxy groups -OCH3 is 1. The summed E-state index contributed by atoms with van der Waals surface area (Å²) in [4.78, 5) is 11.3. The molecule has 118 valence electrons. The summed E-state index contributed by atoms with van der Waals surface area (Å²) in [5.74, 6) is -0.0280. The van der Waals surface area contributed by atoms with Crippen molar-refractivity contribution in [1.82, 2.24) is 0 Å². The van der Waals surface area contributed by atoms with Gasteiger partial charge in [0.2, 0.25) is 10.0 Å². The Hall–Kier alpha value is -2.89. The molecule has 2 rings (SSSR count). The first-order valence-corrected chi connectivity index (χ1v) is 7.83. The lowest BCUT2D eigenvalue weighted by Crippen LogP contribution is -2.11. The average Bonchev–Trinajstić information content (AvgIpc) is 2.99. The first-order valence-electron chi connectivity index (χ1n) is 6.28. The molecule has 0 radical (unpaired) electrons. The molecule has 0 bridgehead atoms. The molecule has 2 aromatic rings. The number of ether oxygens (including phenoxy) is 1. The quantitative estimate of drug-likeness (QED) is 0.516. The maximum Gasteiger partial charge on any atom is 0.348 e. The fourth-order valence-electron chi connectivity index (χ4n) is 1.78. The maximum atomic E-state index is 11.3. The molecule has 8 heteroatoms. The van der Waals surface area contributed by atoms with Crippen LogP contribution in [0.15, 0.2) is 51.3 Å². The molecule has 0 spiro atoms. The SMILES string of the molecule is COC(=O)C(C#N)=Cc1ccc(-c2ccc(S(N)(=O)=O)cc2)o1. The highest BCUT2D eigenvalue weighted by Crippen LogP contribution is 2.24. The van der Waals surface area contributed by atoms with Crippen molar-refractivity contribution in [2.75, 3.05) is 7.11 Å². The third kappa shape index (κ3) is 3.85. The number of benzene rings is 1. The lowest BCUT2D eigenvalue weighted by molar-refractivity contribution is -0.135. The minimum atomic E-state index is -3.76. The molecule has 1 heterocycles. The number of nitriles is 1. The summed E-state index contributed by atoms with van der Waals surface area (Å²) in [6.07, 6.45) is 1.26. The minimum absolute atomic E-state index is 0.00890. The van der Waals surface area contributed by atoms with E-state index in [2.05, 4.69) is 4.74 Å². The highest BCUT2D eigenvalue weighted by Gasteiger charge is 2.12. The van der Waals surface area contributed by atoms with Crippen LogP contribution >= 0.6 is 0 Å². The molecule has 0 saturated heterocycles. The van der Waals surface area contributed by atoms with Crippen molar-refractivity contribution in [2.45, 2.75) is 4.90 Å². The number of furan rings is 1. The van der Waals surface area contributed by atoms with Gasteiger partial charge >= 0.3 is 5.97 Å². The number of primary sulfonamides is 1. The van der Waals surface area contributed by atoms with Crippen LogP contribution < -0.4 is 5.14 Å². The monoisotopic (exact) mass is 332 g/mol. The lowest BCUT2D eigenvalue weighted by atomic mass is 10.2. The Morgan fingerprint density at radius 2 is 1.91 bits per heavy atom. The van der Waals surface area contributed by atoms with E-state index in [4.69, 9.17) is 14.8 Å². The second kappa shape index (κ2) is 6.48. The number of hydrogen-bond donors (Lipinski definition) is 1. The number of nitrogens with two attached hydrogens (primary N) is 1. The van der Waals surface area contributed by atoms with E-state index >= 15 is 0 Å². The number of hydrogen-bond acceptors (Lipinski definition) is 6. The molecule has 0 aliphatic heterocycles. The molecule has 0 saturated carbocycles. The predicted molar refractivity (Wildman–Crippen MR) is 81.1 cm³/mol. The molecule has 1 aromatic heterocycles. The molecule has 1 aromatic carbocycles. The smallest absolute Gasteiger partial charge is 0.348 e. The van der Waals surface area contributed by atoms with Gasteiger partial charge < -0.3 is 9.15 Å². The van der Waals surface area contributed by atoms with Crippen LogP contribution in [-0.2, 0) is 19.6 Å². The summed E-state index contributed by atoms with van der Waals surface area (Å²) < 4.78 is 32.4. The maximum absolute atomic E-state index is 11.3. The number of rotatable bonds is 4. The van der Waals surface area contributed by atoms with Crippen molar-refractivity contribution in [1.29, 1.82) is 5.26 Å². The van der Waals surface area contributed by atoms with Crippen LogP contribution in [0, 0.1) is 11.3 Å². The zero-order chi connectivity index (χ0) is 17.0. The number of esters is 1. The van der Waals surface area contributed by atoms with Crippen molar-refractivity contribution in [3.8, 4) is 17.4 Å². The Morgan fingerprint density at radius 1 is 1.26 bits per heavy atom. The summed E-state index contributed by atoms with van der Waals surface area (Å²) in [5.41, 5.74) is 0.423. The van der Waals surface area contributed by atoms with Crippen molar-refractivity contribution >= 4 is 22.1 Å². The largest absolute Gasteiger partial charge is 0.465 e. The Balaban J connectivity index is 2.31. The standard InChI is InChI=1S/C15H12N2O5S/c1-21-15(18)11(9-16)8-12-4-7-14(22-12)10-2-5-13(6-3-10)23(17,19)20/h2-8H,1H3,(H2,17,19,20). The molecule has 0 fully saturated rings. The van der Waals surface area contributed by atoms with Crippen molar-refractivity contribution in [2.24, 2.45) is 5.14 Å². The molecule has 7 nitrogen and oxygen atoms in total. The second-order valence-electron chi connectivity index (χ2n) is 4.43. The minimum Gasteiger partial charge on any atom is -0.465 e. The van der Waals surface area contributed by atoms with Crippen LogP contribution in [0.25, 0.3) is 17.4 Å². The lowest BCUT2D eigenvalue weighted by Gasteiger charge is -2.00. The van der Waals surface area contributed by atoms with Gasteiger partial charge in [-0.1, -0.05) is 0 Å². The van der Waals surface area contributed by atoms with E-state index in [-0.39, 0.29) is 16.2 Å². The third-order valence-electron chi connectivity index (χ3n) is 2.91. The summed E-state index contributed by atoms with van der Waals surface area (Å²) in [6.45, 7) is 0. The van der Waals surface area contributed by atoms with E-state index in [1.807, 2.05) is 0 Å². The topological polar surface area (TPSA) is 123 Å². The van der Waals surface area contributed by atoms with Crippen molar-refractivity contribution < 1.29 is 22.4 Å². The molecule has 0 amide bonds. The molecule has 0 aliphatic rings. The van der Waals surface area contributed by atoms with Gasteiger partial charge in [-0.25, -0.2) is 18.4 Å². The Labute approximate surface area is 132 Å². The summed E-state index contributed by atoms with van der Waals surface area (Å²) >= 11 is 0. The molecule has 2 N–H and O–H groups in total. The normalized spacial score (nSPS) is 11.8. The van der Waals surface area contributed by atoms with Crippen LogP contribution in [0.3, 0.4) is 0 Å². The highest BCUT2D eigenvalue weighted by atomic mass is 32.2. The van der Waals surface area contributed by atoms with Crippen LogP contribution in [0.5, 0.6) is 0 Å². The van der Waals surface area contributed by atoms with Gasteiger partial charge in [0.15, 0.2) is 0 Å². The van der Waals surface area contributed by atoms with E-state index in [1.165, 1.54) is 37.5 Å². The van der Waals surface area contributed by atoms with Crippen molar-refractivity contribution in [3.63, 3.8) is 0 Å². The van der Waals surface area contributed by atoms with Gasteiger partial charge in [-0.2, -0.15) is 5.26 Å². The first kappa shape index (κ1) is 16.5. The summed E-state index contributed by atoms with van der Waals surface area (Å²) in [7, 11) is -2.58. The van der Waals surface area contributed by atoms with Gasteiger partial charge in [0.25, 0.3) is 0 Å². The van der Waals surface area contributed by atoms with E-state index in [0.29, 0.717) is 11.3 Å². The number of nitrogens with zero attached hydrogens (tertiary/aromatic N) is 1. The van der Waals surface area contributed by atoms with Crippen LogP contribution in [-0.4, -0.2) is 21.5 Å². The summed E-state index contributed by atoms with van der Waals surface area (Å²) in [6, 6.07) is 10.7. The second-order valence-corrected chi connectivity index (χ2v) is 5.99. The average molecular weight is 332 g/mol. The van der Waals surface area contributed by atoms with Gasteiger partial charge in [0.05, 0.1) is 12.0 Å². The Morgan fingerprint density at radius 3 is 2.43 bits per heavy atom. The van der Waals surface area contributed by atoms with Crippen molar-refractivity contribution in [3.05, 3.63) is 47.7 Å². The van der Waals surface area contributed by atoms with E-state index < -0.39 is 16.0 Å². The molecular formula is C15H12N2O5S. The molecule has 0 aliphatic carbocycles. The summed E-state index contributed by atoms with van der Waals surface area (Å²) in [5, 5.41) is 13.9. The number of sulfonamides is 1. The fourth-order valence-corrected chi connectivity index (χ4v) is 2.30.